The molecule has 0 radical (unpaired) electrons. The molecule has 2 saturated heterocycles. The van der Waals surface area contributed by atoms with Crippen LogP contribution in [0, 0.1) is 0 Å². The van der Waals surface area contributed by atoms with Crippen LogP contribution in [0.5, 0.6) is 0 Å². The number of Topliss-reactive ketones (excluding diaryl/α,β-unsaturated/α-hetero) is 1. The van der Waals surface area contributed by atoms with E-state index < -0.39 is 11.0 Å². The number of carbonyl (C=O) groups is 2. The topological polar surface area (TPSA) is 52.6 Å². The van der Waals surface area contributed by atoms with Crippen molar-refractivity contribution in [2.24, 2.45) is 0 Å². The summed E-state index contributed by atoms with van der Waals surface area (Å²) >= 11 is 6.52. The molecule has 4 nitrogen and oxygen atoms in total. The van der Waals surface area contributed by atoms with E-state index in [1.54, 1.807) is 0 Å². The van der Waals surface area contributed by atoms with Crippen molar-refractivity contribution in [3.8, 4) is 0 Å². The minimum absolute atomic E-state index is 0.0401. The van der Waals surface area contributed by atoms with Crippen LogP contribution in [0.15, 0.2) is 30.3 Å². The van der Waals surface area contributed by atoms with E-state index in [4.69, 9.17) is 21.1 Å². The van der Waals surface area contributed by atoms with Crippen molar-refractivity contribution < 1.29 is 19.1 Å². The Kier molecular flexibility index (Phi) is 5.89. The fraction of sp³-hybridized carbons (Fsp3) is 0.579. The number of rotatable bonds is 3. The fourth-order valence-corrected chi connectivity index (χ4v) is 6.87. The molecule has 0 saturated carbocycles. The Hall–Kier alpha value is -0.871. The van der Waals surface area contributed by atoms with Gasteiger partial charge in [0, 0.05) is 0 Å². The third-order valence-corrected chi connectivity index (χ3v) is 8.13. The van der Waals surface area contributed by atoms with Gasteiger partial charge in [0.2, 0.25) is 0 Å². The molecule has 1 aromatic carbocycles. The van der Waals surface area contributed by atoms with Crippen molar-refractivity contribution in [1.29, 1.82) is 0 Å². The van der Waals surface area contributed by atoms with Crippen LogP contribution in [0.1, 0.15) is 39.5 Å². The van der Waals surface area contributed by atoms with E-state index in [1.165, 1.54) is 11.4 Å². The SMILES string of the molecule is CC(=O)O[C@]1(C)C[C@H]2O[C@@H]1CCC(=O)[C@@H](Cl)C[C@@H]2[Se]c1ccccc1. The van der Waals surface area contributed by atoms with Gasteiger partial charge in [0.25, 0.3) is 0 Å². The molecule has 3 rings (SSSR count). The van der Waals surface area contributed by atoms with Gasteiger partial charge in [-0.25, -0.2) is 0 Å². The number of ether oxygens (including phenoxy) is 2. The fourth-order valence-electron chi connectivity index (χ4n) is 3.68. The van der Waals surface area contributed by atoms with E-state index in [-0.39, 0.29) is 43.7 Å². The molecule has 2 fully saturated rings. The van der Waals surface area contributed by atoms with E-state index >= 15 is 0 Å². The van der Waals surface area contributed by atoms with Gasteiger partial charge >= 0.3 is 160 Å². The van der Waals surface area contributed by atoms with Gasteiger partial charge in [-0.2, -0.15) is 0 Å². The van der Waals surface area contributed by atoms with Gasteiger partial charge in [0.1, 0.15) is 0 Å². The number of alkyl halides is 1. The quantitative estimate of drug-likeness (QED) is 0.421. The zero-order valence-corrected chi connectivity index (χ0v) is 16.9. The molecule has 0 aliphatic carbocycles. The van der Waals surface area contributed by atoms with E-state index in [0.29, 0.717) is 25.7 Å². The Labute approximate surface area is 159 Å². The summed E-state index contributed by atoms with van der Waals surface area (Å²) in [6.45, 7) is 3.35. The van der Waals surface area contributed by atoms with Crippen molar-refractivity contribution in [2.45, 2.75) is 67.5 Å². The molecule has 6 heteroatoms. The molecule has 136 valence electrons. The summed E-state index contributed by atoms with van der Waals surface area (Å²) in [5.74, 6) is -0.239. The molecule has 0 aromatic heterocycles. The maximum atomic E-state index is 12.3. The van der Waals surface area contributed by atoms with Crippen molar-refractivity contribution in [1.82, 2.24) is 0 Å². The Morgan fingerprint density at radius 2 is 2.08 bits per heavy atom. The van der Waals surface area contributed by atoms with Crippen LogP contribution in [-0.4, -0.2) is 49.9 Å². The molecule has 0 amide bonds. The number of carbonyl (C=O) groups excluding carboxylic acids is 2. The maximum absolute atomic E-state index is 12.3. The van der Waals surface area contributed by atoms with Gasteiger partial charge in [0.05, 0.1) is 0 Å². The summed E-state index contributed by atoms with van der Waals surface area (Å²) in [6.07, 6.45) is 1.90. The second kappa shape index (κ2) is 7.79. The number of hydrogen-bond donors (Lipinski definition) is 0. The van der Waals surface area contributed by atoms with E-state index in [9.17, 15) is 9.59 Å². The van der Waals surface area contributed by atoms with Crippen LogP contribution in [0.2, 0.25) is 4.82 Å². The standard InChI is InChI=1S/C19H23ClO4Se/c1-12(21)24-19(2)11-16-17(25-13-6-4-3-5-7-13)10-14(20)15(22)8-9-18(19)23-16/h3-7,14,16-18H,8-11H2,1-2H3/t14-,16+,17-,18+,19+/m0/s1. The number of fused-ring (bicyclic) bond motifs is 2. The first-order valence-corrected chi connectivity index (χ1v) is 10.9. The third kappa shape index (κ3) is 4.46. The minimum atomic E-state index is -0.666. The second-order valence-electron chi connectivity index (χ2n) is 6.95. The predicted molar refractivity (Wildman–Crippen MR) is 97.5 cm³/mol. The summed E-state index contributed by atoms with van der Waals surface area (Å²) in [6, 6.07) is 10.3. The normalized spacial score (nSPS) is 35.6. The molecule has 2 bridgehead atoms. The van der Waals surface area contributed by atoms with E-state index in [1.807, 2.05) is 25.1 Å². The first kappa shape index (κ1) is 18.9. The molecule has 5 atom stereocenters. The average Bonchev–Trinajstić information content (AvgIpc) is 2.89. The Morgan fingerprint density at radius 1 is 1.36 bits per heavy atom. The summed E-state index contributed by atoms with van der Waals surface area (Å²) in [4.78, 5) is 24.1. The van der Waals surface area contributed by atoms with Gasteiger partial charge in [-0.15, -0.1) is 0 Å². The Balaban J connectivity index is 1.85. The molecular formula is C19H23ClO4Se. The molecule has 2 heterocycles. The number of hydrogen-bond acceptors (Lipinski definition) is 4. The summed E-state index contributed by atoms with van der Waals surface area (Å²) in [5.41, 5.74) is -0.666. The Bertz CT molecular complexity index is 638. The van der Waals surface area contributed by atoms with Crippen molar-refractivity contribution >= 4 is 42.8 Å². The number of halogens is 1. The predicted octanol–water partition coefficient (Wildman–Crippen LogP) is 2.64. The van der Waals surface area contributed by atoms with Gasteiger partial charge in [-0.3, -0.25) is 0 Å². The summed E-state index contributed by atoms with van der Waals surface area (Å²) in [5, 5.41) is -0.460. The zero-order valence-electron chi connectivity index (χ0n) is 14.4. The molecule has 2 aliphatic rings. The molecule has 0 N–H and O–H groups in total. The van der Waals surface area contributed by atoms with Crippen molar-refractivity contribution in [2.75, 3.05) is 0 Å². The van der Waals surface area contributed by atoms with Gasteiger partial charge < -0.3 is 0 Å². The summed E-state index contributed by atoms with van der Waals surface area (Å²) < 4.78 is 13.2. The monoisotopic (exact) mass is 430 g/mol. The van der Waals surface area contributed by atoms with Crippen LogP contribution in [0.3, 0.4) is 0 Å². The molecule has 2 aliphatic heterocycles. The van der Waals surface area contributed by atoms with Crippen molar-refractivity contribution in [3.63, 3.8) is 0 Å². The molecule has 25 heavy (non-hydrogen) atoms. The van der Waals surface area contributed by atoms with Crippen LogP contribution < -0.4 is 4.46 Å². The molecular weight excluding hydrogens is 407 g/mol. The summed E-state index contributed by atoms with van der Waals surface area (Å²) in [7, 11) is 0. The van der Waals surface area contributed by atoms with Gasteiger partial charge in [-0.05, 0) is 0 Å². The molecule has 0 unspecified atom stereocenters. The van der Waals surface area contributed by atoms with Gasteiger partial charge in [-0.1, -0.05) is 0 Å². The van der Waals surface area contributed by atoms with Crippen LogP contribution in [0.4, 0.5) is 0 Å². The third-order valence-electron chi connectivity index (χ3n) is 4.89. The van der Waals surface area contributed by atoms with Crippen LogP contribution in [0.25, 0.3) is 0 Å². The number of esters is 1. The Morgan fingerprint density at radius 3 is 2.76 bits per heavy atom. The van der Waals surface area contributed by atoms with E-state index in [2.05, 4.69) is 12.1 Å². The first-order valence-electron chi connectivity index (χ1n) is 8.61. The number of ketones is 1. The molecule has 1 aromatic rings. The average molecular weight is 430 g/mol. The van der Waals surface area contributed by atoms with E-state index in [0.717, 1.165) is 0 Å². The molecule has 0 spiro atoms. The van der Waals surface area contributed by atoms with Gasteiger partial charge in [0.15, 0.2) is 0 Å². The zero-order chi connectivity index (χ0) is 18.0. The second-order valence-corrected chi connectivity index (χ2v) is 10.2. The van der Waals surface area contributed by atoms with Crippen molar-refractivity contribution in [3.05, 3.63) is 30.3 Å². The first-order chi connectivity index (χ1) is 11.9. The number of benzene rings is 1. The van der Waals surface area contributed by atoms with Crippen LogP contribution >= 0.6 is 11.6 Å². The van der Waals surface area contributed by atoms with Crippen LogP contribution in [-0.2, 0) is 19.1 Å².